The van der Waals surface area contributed by atoms with E-state index in [9.17, 15) is 4.79 Å². The van der Waals surface area contributed by atoms with Gasteiger partial charge in [-0.25, -0.2) is 4.98 Å². The number of ether oxygens (including phenoxy) is 1. The third-order valence-electron chi connectivity index (χ3n) is 4.78. The van der Waals surface area contributed by atoms with Crippen LogP contribution in [0.1, 0.15) is 16.1 Å². The molecule has 2 aromatic carbocycles. The molecule has 0 aliphatic carbocycles. The number of rotatable bonds is 7. The Morgan fingerprint density at radius 1 is 1.10 bits per heavy atom. The molecule has 8 heteroatoms. The summed E-state index contributed by atoms with van der Waals surface area (Å²) in [7, 11) is 5.69. The Morgan fingerprint density at radius 2 is 1.90 bits per heavy atom. The summed E-state index contributed by atoms with van der Waals surface area (Å²) in [6.07, 6.45) is 0.834. The number of nitrogens with zero attached hydrogens (tertiary/aromatic N) is 3. The van der Waals surface area contributed by atoms with Gasteiger partial charge in [-0.3, -0.25) is 9.69 Å². The van der Waals surface area contributed by atoms with Crippen LogP contribution in [0, 0.1) is 0 Å². The summed E-state index contributed by atoms with van der Waals surface area (Å²) in [5.74, 6) is 0.642. The van der Waals surface area contributed by atoms with Gasteiger partial charge in [0.15, 0.2) is 5.13 Å². The van der Waals surface area contributed by atoms with Crippen molar-refractivity contribution >= 4 is 65.6 Å². The minimum absolute atomic E-state index is 0.106. The summed E-state index contributed by atoms with van der Waals surface area (Å²) < 4.78 is 7.33. The van der Waals surface area contributed by atoms with Gasteiger partial charge in [0.1, 0.15) is 10.6 Å². The number of thiazole rings is 1. The van der Waals surface area contributed by atoms with Crippen molar-refractivity contribution in [1.82, 2.24) is 9.88 Å². The molecule has 0 radical (unpaired) electrons. The number of carbonyl (C=O) groups excluding carboxylic acids is 1. The van der Waals surface area contributed by atoms with Gasteiger partial charge in [-0.2, -0.15) is 0 Å². The van der Waals surface area contributed by atoms with Crippen molar-refractivity contribution in [2.75, 3.05) is 39.2 Å². The zero-order valence-corrected chi connectivity index (χ0v) is 19.4. The molecule has 2 heterocycles. The highest BCUT2D eigenvalue weighted by Crippen LogP contribution is 2.38. The number of hydrogen-bond acceptors (Lipinski definition) is 6. The Hall–Kier alpha value is -2.19. The molecule has 0 unspecified atom stereocenters. The highest BCUT2D eigenvalue weighted by atomic mass is 35.5. The van der Waals surface area contributed by atoms with Gasteiger partial charge in [0.25, 0.3) is 5.91 Å². The monoisotopic (exact) mass is 459 g/mol. The van der Waals surface area contributed by atoms with Gasteiger partial charge in [-0.15, -0.1) is 11.3 Å². The second kappa shape index (κ2) is 8.89. The first-order valence-electron chi connectivity index (χ1n) is 9.56. The van der Waals surface area contributed by atoms with Crippen molar-refractivity contribution in [3.8, 4) is 5.75 Å². The quantitative estimate of drug-likeness (QED) is 0.352. The predicted molar refractivity (Wildman–Crippen MR) is 128 cm³/mol. The van der Waals surface area contributed by atoms with Crippen LogP contribution in [0.3, 0.4) is 0 Å². The Bertz CT molecular complexity index is 1200. The summed E-state index contributed by atoms with van der Waals surface area (Å²) in [5, 5.41) is 2.10. The average Bonchev–Trinajstić information content (AvgIpc) is 3.31. The molecule has 156 valence electrons. The van der Waals surface area contributed by atoms with Crippen LogP contribution in [0.15, 0.2) is 42.5 Å². The van der Waals surface area contributed by atoms with Crippen molar-refractivity contribution in [2.45, 2.75) is 6.42 Å². The first kappa shape index (κ1) is 21.1. The lowest BCUT2D eigenvalue weighted by atomic mass is 10.2. The number of aromatic nitrogens is 1. The standard InChI is InChI=1S/C22H22ClN3O2S2/c1-25(2)11-6-12-26(22-24-16-13-14(28-3)9-10-18(16)30-22)21(27)20-19(23)15-7-4-5-8-17(15)29-20/h4-5,7-10,13H,6,11-12H2,1-3H3. The lowest BCUT2D eigenvalue weighted by molar-refractivity contribution is 0.0990. The molecule has 0 atom stereocenters. The van der Waals surface area contributed by atoms with Gasteiger partial charge < -0.3 is 9.64 Å². The maximum Gasteiger partial charge on any atom is 0.271 e. The van der Waals surface area contributed by atoms with E-state index < -0.39 is 0 Å². The van der Waals surface area contributed by atoms with Crippen LogP contribution in [0.4, 0.5) is 5.13 Å². The molecule has 30 heavy (non-hydrogen) atoms. The molecular formula is C22H22ClN3O2S2. The number of amides is 1. The molecule has 0 spiro atoms. The van der Waals surface area contributed by atoms with Gasteiger partial charge in [-0.05, 0) is 45.3 Å². The molecule has 4 aromatic rings. The van der Waals surface area contributed by atoms with E-state index in [2.05, 4.69) is 4.90 Å². The van der Waals surface area contributed by atoms with Crippen LogP contribution in [0.25, 0.3) is 20.3 Å². The van der Waals surface area contributed by atoms with Crippen LogP contribution < -0.4 is 9.64 Å². The van der Waals surface area contributed by atoms with Crippen LogP contribution >= 0.6 is 34.3 Å². The first-order valence-corrected chi connectivity index (χ1v) is 11.6. The van der Waals surface area contributed by atoms with Gasteiger partial charge in [0.2, 0.25) is 0 Å². The number of fused-ring (bicyclic) bond motifs is 2. The van der Waals surface area contributed by atoms with Gasteiger partial charge in [-0.1, -0.05) is 41.1 Å². The molecule has 5 nitrogen and oxygen atoms in total. The fourth-order valence-electron chi connectivity index (χ4n) is 3.24. The smallest absolute Gasteiger partial charge is 0.271 e. The molecule has 1 amide bonds. The molecular weight excluding hydrogens is 438 g/mol. The average molecular weight is 460 g/mol. The predicted octanol–water partition coefficient (Wildman–Crippen LogP) is 5.77. The summed E-state index contributed by atoms with van der Waals surface area (Å²) in [6.45, 7) is 1.45. The van der Waals surface area contributed by atoms with E-state index >= 15 is 0 Å². The number of halogens is 1. The van der Waals surface area contributed by atoms with Gasteiger partial charge in [0.05, 0.1) is 22.3 Å². The molecule has 0 bridgehead atoms. The second-order valence-electron chi connectivity index (χ2n) is 7.19. The summed E-state index contributed by atoms with van der Waals surface area (Å²) >= 11 is 9.54. The highest BCUT2D eigenvalue weighted by molar-refractivity contribution is 7.23. The highest BCUT2D eigenvalue weighted by Gasteiger charge is 2.26. The molecule has 0 saturated carbocycles. The zero-order valence-electron chi connectivity index (χ0n) is 17.0. The topological polar surface area (TPSA) is 45.7 Å². The Labute approximate surface area is 188 Å². The Morgan fingerprint density at radius 3 is 2.63 bits per heavy atom. The van der Waals surface area contributed by atoms with E-state index in [1.165, 1.54) is 22.7 Å². The SMILES string of the molecule is COc1ccc2sc(N(CCCN(C)C)C(=O)c3sc4ccccc4c3Cl)nc2c1. The molecule has 0 saturated heterocycles. The third-order valence-corrected chi connectivity index (χ3v) is 7.50. The molecule has 0 N–H and O–H groups in total. The largest absolute Gasteiger partial charge is 0.497 e. The normalized spacial score (nSPS) is 11.5. The first-order chi connectivity index (χ1) is 14.5. The van der Waals surface area contributed by atoms with Crippen molar-refractivity contribution in [2.24, 2.45) is 0 Å². The number of anilines is 1. The molecule has 0 fully saturated rings. The van der Waals surface area contributed by atoms with Crippen LogP contribution in [0.2, 0.25) is 5.02 Å². The second-order valence-corrected chi connectivity index (χ2v) is 9.62. The van der Waals surface area contributed by atoms with E-state index in [1.54, 1.807) is 12.0 Å². The maximum atomic E-state index is 13.6. The van der Waals surface area contributed by atoms with E-state index in [0.29, 0.717) is 21.6 Å². The van der Waals surface area contributed by atoms with Crippen molar-refractivity contribution < 1.29 is 9.53 Å². The van der Waals surface area contributed by atoms with Crippen LogP contribution in [0.5, 0.6) is 5.75 Å². The fourth-order valence-corrected chi connectivity index (χ4v) is 5.67. The molecule has 0 aliphatic heterocycles. The van der Waals surface area contributed by atoms with Crippen molar-refractivity contribution in [3.05, 3.63) is 52.4 Å². The Balaban J connectivity index is 1.73. The van der Waals surface area contributed by atoms with E-state index in [-0.39, 0.29) is 5.91 Å². The van der Waals surface area contributed by atoms with Crippen LogP contribution in [-0.2, 0) is 0 Å². The Kier molecular flexibility index (Phi) is 6.24. The number of hydrogen-bond donors (Lipinski definition) is 0. The fraction of sp³-hybridized carbons (Fsp3) is 0.273. The van der Waals surface area contributed by atoms with Crippen molar-refractivity contribution in [1.29, 1.82) is 0 Å². The van der Waals surface area contributed by atoms with Crippen molar-refractivity contribution in [3.63, 3.8) is 0 Å². The molecule has 2 aromatic heterocycles. The third kappa shape index (κ3) is 4.16. The minimum Gasteiger partial charge on any atom is -0.497 e. The number of methoxy groups -OCH3 is 1. The van der Waals surface area contributed by atoms with Crippen LogP contribution in [-0.4, -0.2) is 50.1 Å². The van der Waals surface area contributed by atoms with E-state index in [4.69, 9.17) is 21.3 Å². The minimum atomic E-state index is -0.106. The number of carbonyl (C=O) groups is 1. The summed E-state index contributed by atoms with van der Waals surface area (Å²) in [5.41, 5.74) is 0.821. The molecule has 0 aliphatic rings. The van der Waals surface area contributed by atoms with E-state index in [0.717, 1.165) is 39.0 Å². The van der Waals surface area contributed by atoms with E-state index in [1.807, 2.05) is 56.6 Å². The maximum absolute atomic E-state index is 13.6. The summed E-state index contributed by atoms with van der Waals surface area (Å²) in [6, 6.07) is 13.6. The van der Waals surface area contributed by atoms with Gasteiger partial charge in [0, 0.05) is 22.7 Å². The summed E-state index contributed by atoms with van der Waals surface area (Å²) in [4.78, 5) is 22.8. The lowest BCUT2D eigenvalue weighted by Gasteiger charge is -2.20. The number of thiophene rings is 1. The van der Waals surface area contributed by atoms with Gasteiger partial charge >= 0.3 is 0 Å². The zero-order chi connectivity index (χ0) is 21.3. The lowest BCUT2D eigenvalue weighted by Crippen LogP contribution is -2.33. The molecule has 4 rings (SSSR count). The number of benzene rings is 2.